The molecular weight excluding hydrogens is 348 g/mol. The minimum atomic E-state index is -0.802. The number of esters is 1. The fourth-order valence-corrected chi connectivity index (χ4v) is 3.00. The van der Waals surface area contributed by atoms with Gasteiger partial charge in [-0.3, -0.25) is 4.79 Å². The second kappa shape index (κ2) is 6.90. The number of hydrogen-bond acceptors (Lipinski definition) is 6. The Hall–Kier alpha value is -2.31. The lowest BCUT2D eigenvalue weighted by atomic mass is 10.00. The predicted molar refractivity (Wildman–Crippen MR) is 89.9 cm³/mol. The number of carbonyl (C=O) groups excluding carboxylic acids is 2. The van der Waals surface area contributed by atoms with Crippen LogP contribution in [0.1, 0.15) is 29.3 Å². The lowest BCUT2D eigenvalue weighted by molar-refractivity contribution is -0.114. The van der Waals surface area contributed by atoms with Crippen LogP contribution in [0, 0.1) is 0 Å². The van der Waals surface area contributed by atoms with Gasteiger partial charge in [0.15, 0.2) is 5.78 Å². The van der Waals surface area contributed by atoms with Gasteiger partial charge in [0.1, 0.15) is 29.3 Å². The van der Waals surface area contributed by atoms with E-state index in [0.29, 0.717) is 6.42 Å². The molecule has 0 saturated carbocycles. The van der Waals surface area contributed by atoms with Crippen molar-refractivity contribution in [1.29, 1.82) is 0 Å². The van der Waals surface area contributed by atoms with Gasteiger partial charge < -0.3 is 19.7 Å². The molecule has 0 amide bonds. The van der Waals surface area contributed by atoms with Crippen LogP contribution < -0.4 is 0 Å². The summed E-state index contributed by atoms with van der Waals surface area (Å²) in [6, 6.07) is 0.958. The Labute approximate surface area is 149 Å². The second-order valence-electron chi connectivity index (χ2n) is 6.06. The van der Waals surface area contributed by atoms with E-state index in [4.69, 9.17) is 21.1 Å². The summed E-state index contributed by atoms with van der Waals surface area (Å²) < 4.78 is 10.8. The zero-order chi connectivity index (χ0) is 18.1. The fraction of sp³-hybridized carbons (Fsp3) is 0.333. The van der Waals surface area contributed by atoms with Gasteiger partial charge in [-0.2, -0.15) is 0 Å². The van der Waals surface area contributed by atoms with Gasteiger partial charge in [0.05, 0.1) is 11.1 Å². The number of ether oxygens (including phenoxy) is 2. The van der Waals surface area contributed by atoms with Crippen LogP contribution in [0.25, 0.3) is 0 Å². The molecule has 2 aliphatic rings. The van der Waals surface area contributed by atoms with E-state index in [1.807, 2.05) is 6.08 Å². The highest BCUT2D eigenvalue weighted by Crippen LogP contribution is 2.37. The van der Waals surface area contributed by atoms with Gasteiger partial charge in [0, 0.05) is 24.5 Å². The molecule has 0 radical (unpaired) electrons. The first-order valence-electron chi connectivity index (χ1n) is 7.84. The number of rotatable bonds is 0. The molecule has 2 heterocycles. The lowest BCUT2D eigenvalue weighted by Gasteiger charge is -2.16. The van der Waals surface area contributed by atoms with Crippen LogP contribution in [0.2, 0.25) is 5.02 Å². The van der Waals surface area contributed by atoms with E-state index in [2.05, 4.69) is 0 Å². The van der Waals surface area contributed by atoms with Crippen molar-refractivity contribution in [3.8, 4) is 11.5 Å². The number of hydrogen-bond donors (Lipinski definition) is 2. The Morgan fingerprint density at radius 2 is 1.96 bits per heavy atom. The van der Waals surface area contributed by atoms with Crippen molar-refractivity contribution in [2.75, 3.05) is 0 Å². The van der Waals surface area contributed by atoms with Crippen LogP contribution in [-0.2, 0) is 20.7 Å². The number of benzene rings is 1. The molecule has 0 unspecified atom stereocenters. The maximum absolute atomic E-state index is 12.5. The van der Waals surface area contributed by atoms with Gasteiger partial charge in [-0.1, -0.05) is 29.8 Å². The smallest absolute Gasteiger partial charge is 0.342 e. The zero-order valence-corrected chi connectivity index (χ0v) is 14.2. The number of aromatic hydroxyl groups is 2. The first-order valence-corrected chi connectivity index (χ1v) is 8.22. The molecule has 1 aromatic carbocycles. The van der Waals surface area contributed by atoms with E-state index >= 15 is 0 Å². The number of allylic oxidation sites excluding steroid dienone is 3. The maximum Gasteiger partial charge on any atom is 0.342 e. The Kier molecular flexibility index (Phi) is 4.83. The highest BCUT2D eigenvalue weighted by Gasteiger charge is 2.38. The Morgan fingerprint density at radius 3 is 2.72 bits per heavy atom. The van der Waals surface area contributed by atoms with E-state index in [1.54, 1.807) is 19.1 Å². The van der Waals surface area contributed by atoms with E-state index in [-0.39, 0.29) is 40.6 Å². The minimum Gasteiger partial charge on any atom is -0.507 e. The first kappa shape index (κ1) is 17.5. The van der Waals surface area contributed by atoms with Crippen molar-refractivity contribution >= 4 is 23.4 Å². The Morgan fingerprint density at radius 1 is 1.20 bits per heavy atom. The third-order valence-corrected chi connectivity index (χ3v) is 4.49. The molecule has 3 rings (SSSR count). The van der Waals surface area contributed by atoms with Crippen molar-refractivity contribution in [3.05, 3.63) is 46.5 Å². The van der Waals surface area contributed by atoms with E-state index in [0.717, 1.165) is 6.07 Å². The largest absolute Gasteiger partial charge is 0.507 e. The van der Waals surface area contributed by atoms with Gasteiger partial charge >= 0.3 is 5.97 Å². The van der Waals surface area contributed by atoms with Crippen molar-refractivity contribution in [2.45, 2.75) is 38.1 Å². The summed E-state index contributed by atoms with van der Waals surface area (Å²) in [5.74, 6) is -2.04. The summed E-state index contributed by atoms with van der Waals surface area (Å²) in [6.07, 6.45) is 6.13. The monoisotopic (exact) mass is 364 g/mol. The SMILES string of the molecule is C[C@@H]1C[C@H]2O[C@@H]2/C=C/C=C/C(=O)Cc2c(Cl)c(O)cc(O)c2C(=O)O1. The molecule has 1 saturated heterocycles. The number of carbonyl (C=O) groups is 2. The third-order valence-electron chi connectivity index (χ3n) is 4.06. The summed E-state index contributed by atoms with van der Waals surface area (Å²) >= 11 is 6.05. The molecule has 0 bridgehead atoms. The van der Waals surface area contributed by atoms with Crippen LogP contribution >= 0.6 is 11.6 Å². The lowest BCUT2D eigenvalue weighted by Crippen LogP contribution is -2.19. The summed E-state index contributed by atoms with van der Waals surface area (Å²) in [4.78, 5) is 24.6. The summed E-state index contributed by atoms with van der Waals surface area (Å²) in [7, 11) is 0. The number of fused-ring (bicyclic) bond motifs is 2. The summed E-state index contributed by atoms with van der Waals surface area (Å²) in [6.45, 7) is 1.72. The molecule has 25 heavy (non-hydrogen) atoms. The molecule has 0 aromatic heterocycles. The van der Waals surface area contributed by atoms with Gasteiger partial charge in [0.25, 0.3) is 0 Å². The molecule has 2 N–H and O–H groups in total. The number of phenols is 2. The van der Waals surface area contributed by atoms with Gasteiger partial charge in [0.2, 0.25) is 0 Å². The quantitative estimate of drug-likeness (QED) is 0.542. The Balaban J connectivity index is 2.01. The molecule has 0 aliphatic carbocycles. The molecule has 0 spiro atoms. The number of cyclic esters (lactones) is 1. The van der Waals surface area contributed by atoms with Crippen molar-refractivity contribution < 1.29 is 29.3 Å². The Bertz CT molecular complexity index is 782. The molecule has 1 aromatic rings. The van der Waals surface area contributed by atoms with E-state index < -0.39 is 23.6 Å². The van der Waals surface area contributed by atoms with Crippen LogP contribution in [0.5, 0.6) is 11.5 Å². The van der Waals surface area contributed by atoms with Crippen LogP contribution in [0.3, 0.4) is 0 Å². The molecule has 3 atom stereocenters. The fourth-order valence-electron chi connectivity index (χ4n) is 2.78. The number of epoxide rings is 1. The highest BCUT2D eigenvalue weighted by molar-refractivity contribution is 6.33. The van der Waals surface area contributed by atoms with Crippen LogP contribution in [-0.4, -0.2) is 40.3 Å². The van der Waals surface area contributed by atoms with Gasteiger partial charge in [-0.05, 0) is 13.0 Å². The summed E-state index contributed by atoms with van der Waals surface area (Å²) in [5.41, 5.74) is -0.176. The topological polar surface area (TPSA) is 96.4 Å². The molecule has 6 nitrogen and oxygen atoms in total. The van der Waals surface area contributed by atoms with E-state index in [9.17, 15) is 19.8 Å². The van der Waals surface area contributed by atoms with Crippen LogP contribution in [0.4, 0.5) is 0 Å². The standard InChI is InChI=1S/C18H17ClO6/c1-9-6-15-14(25-15)5-3-2-4-10(20)7-11-16(18(23)24-9)12(21)8-13(22)17(11)19/h2-5,8-9,14-15,21-22H,6-7H2,1H3/b4-2+,5-3+/t9-,14-,15-/m1/s1. The normalized spacial score (nSPS) is 29.0. The number of ketones is 1. The third kappa shape index (κ3) is 3.86. The van der Waals surface area contributed by atoms with Gasteiger partial charge in [-0.25, -0.2) is 4.79 Å². The average Bonchev–Trinajstić information content (AvgIpc) is 3.25. The second-order valence-corrected chi connectivity index (χ2v) is 6.44. The van der Waals surface area contributed by atoms with E-state index in [1.165, 1.54) is 6.08 Å². The first-order chi connectivity index (χ1) is 11.9. The van der Waals surface area contributed by atoms with Gasteiger partial charge in [-0.15, -0.1) is 0 Å². The van der Waals surface area contributed by atoms with Crippen molar-refractivity contribution in [2.24, 2.45) is 0 Å². The molecule has 2 aliphatic heterocycles. The average molecular weight is 365 g/mol. The van der Waals surface area contributed by atoms with Crippen molar-refractivity contribution in [3.63, 3.8) is 0 Å². The van der Waals surface area contributed by atoms with Crippen LogP contribution in [0.15, 0.2) is 30.4 Å². The maximum atomic E-state index is 12.5. The highest BCUT2D eigenvalue weighted by atomic mass is 35.5. The molecule has 7 heteroatoms. The number of halogens is 1. The minimum absolute atomic E-state index is 0.0348. The zero-order valence-electron chi connectivity index (χ0n) is 13.4. The van der Waals surface area contributed by atoms with Crippen molar-refractivity contribution in [1.82, 2.24) is 0 Å². The number of phenolic OH excluding ortho intramolecular Hbond substituents is 2. The molecule has 132 valence electrons. The molecule has 1 fully saturated rings. The predicted octanol–water partition coefficient (Wildman–Crippen LogP) is 2.69. The summed E-state index contributed by atoms with van der Waals surface area (Å²) in [5, 5.41) is 19.7. The molecular formula is C18H17ClO6.